The van der Waals surface area contributed by atoms with Crippen LogP contribution in [0.2, 0.25) is 10.0 Å². The molecule has 2 aromatic rings. The highest BCUT2D eigenvalue weighted by Crippen LogP contribution is 2.38. The summed E-state index contributed by atoms with van der Waals surface area (Å²) in [6.45, 7) is 6.31. The number of carboxylic acid groups (broad SMARTS) is 1. The van der Waals surface area contributed by atoms with Crippen molar-refractivity contribution < 1.29 is 23.8 Å². The number of carboxylic acids is 1. The van der Waals surface area contributed by atoms with E-state index >= 15 is 0 Å². The van der Waals surface area contributed by atoms with Crippen molar-refractivity contribution in [2.45, 2.75) is 46.4 Å². The molecule has 0 spiro atoms. The molecule has 1 unspecified atom stereocenters. The van der Waals surface area contributed by atoms with Crippen LogP contribution < -0.4 is 14.8 Å². The van der Waals surface area contributed by atoms with E-state index in [1.54, 1.807) is 18.2 Å². The maximum atomic E-state index is 14.0. The number of halogens is 3. The molecule has 0 bridgehead atoms. The zero-order chi connectivity index (χ0) is 22.3. The molecule has 2 aromatic carbocycles. The van der Waals surface area contributed by atoms with Gasteiger partial charge in [0.05, 0.1) is 16.7 Å². The number of benzene rings is 2. The minimum absolute atomic E-state index is 0.113. The van der Waals surface area contributed by atoms with E-state index in [1.807, 2.05) is 20.8 Å². The number of ether oxygens (including phenoxy) is 2. The first-order chi connectivity index (χ1) is 14.2. The molecule has 5 nitrogen and oxygen atoms in total. The Labute approximate surface area is 186 Å². The fourth-order valence-electron chi connectivity index (χ4n) is 2.92. The monoisotopic (exact) mass is 457 g/mol. The molecule has 0 aliphatic carbocycles. The number of rotatable bonds is 11. The van der Waals surface area contributed by atoms with Gasteiger partial charge >= 0.3 is 5.97 Å². The zero-order valence-electron chi connectivity index (χ0n) is 17.2. The second-order valence-electron chi connectivity index (χ2n) is 7.23. The second kappa shape index (κ2) is 11.4. The minimum atomic E-state index is -0.901. The Balaban J connectivity index is 2.19. The molecule has 0 radical (unpaired) electrons. The number of nitrogens with one attached hydrogen (secondary N) is 1. The summed E-state index contributed by atoms with van der Waals surface area (Å²) in [5.74, 6) is -0.463. The lowest BCUT2D eigenvalue weighted by molar-refractivity contribution is -0.140. The van der Waals surface area contributed by atoms with Gasteiger partial charge in [-0.3, -0.25) is 4.79 Å². The van der Waals surface area contributed by atoms with Crippen LogP contribution in [0.1, 0.15) is 38.3 Å². The van der Waals surface area contributed by atoms with Gasteiger partial charge in [-0.2, -0.15) is 0 Å². The summed E-state index contributed by atoms with van der Waals surface area (Å²) in [5, 5.41) is 13.0. The zero-order valence-corrected chi connectivity index (χ0v) is 18.7. The van der Waals surface area contributed by atoms with Crippen molar-refractivity contribution >= 4 is 29.2 Å². The molecule has 0 saturated carbocycles. The van der Waals surface area contributed by atoms with Crippen molar-refractivity contribution in [2.24, 2.45) is 5.92 Å². The van der Waals surface area contributed by atoms with Crippen molar-refractivity contribution in [1.82, 2.24) is 5.32 Å². The molecule has 30 heavy (non-hydrogen) atoms. The topological polar surface area (TPSA) is 67.8 Å². The third kappa shape index (κ3) is 6.76. The van der Waals surface area contributed by atoms with Gasteiger partial charge in [0.25, 0.3) is 0 Å². The summed E-state index contributed by atoms with van der Waals surface area (Å²) in [5.41, 5.74) is 0.969. The van der Waals surface area contributed by atoms with Crippen LogP contribution in [0.4, 0.5) is 4.39 Å². The Morgan fingerprint density at radius 1 is 1.20 bits per heavy atom. The molecule has 0 heterocycles. The van der Waals surface area contributed by atoms with Crippen LogP contribution >= 0.6 is 23.2 Å². The average molecular weight is 458 g/mol. The summed E-state index contributed by atoms with van der Waals surface area (Å²) in [6.07, 6.45) is 0.506. The van der Waals surface area contributed by atoms with Gasteiger partial charge in [0.15, 0.2) is 11.5 Å². The van der Waals surface area contributed by atoms with E-state index in [9.17, 15) is 14.3 Å². The van der Waals surface area contributed by atoms with Crippen LogP contribution in [0.15, 0.2) is 30.3 Å². The molecular weight excluding hydrogens is 432 g/mol. The molecular formula is C22H26Cl2FNO4. The third-order valence-electron chi connectivity index (χ3n) is 4.35. The summed E-state index contributed by atoms with van der Waals surface area (Å²) in [6, 6.07) is 7.14. The Morgan fingerprint density at radius 3 is 2.53 bits per heavy atom. The number of carbonyl (C=O) groups is 1. The predicted molar refractivity (Wildman–Crippen MR) is 116 cm³/mol. The fourth-order valence-corrected chi connectivity index (χ4v) is 3.43. The molecule has 0 saturated heterocycles. The van der Waals surface area contributed by atoms with Crippen molar-refractivity contribution in [2.75, 3.05) is 6.61 Å². The summed E-state index contributed by atoms with van der Waals surface area (Å²) >= 11 is 12.5. The van der Waals surface area contributed by atoms with Gasteiger partial charge in [0, 0.05) is 12.1 Å². The summed E-state index contributed by atoms with van der Waals surface area (Å²) < 4.78 is 25.4. The lowest BCUT2D eigenvalue weighted by Gasteiger charge is -2.19. The Hall–Kier alpha value is -2.02. The molecule has 0 aliphatic rings. The van der Waals surface area contributed by atoms with Gasteiger partial charge in [-0.1, -0.05) is 43.1 Å². The van der Waals surface area contributed by atoms with E-state index in [-0.39, 0.29) is 33.9 Å². The van der Waals surface area contributed by atoms with Gasteiger partial charge in [-0.15, -0.1) is 0 Å². The SMILES string of the molecule is CCOc1cc(CNC(CC(C)C)C(=O)O)cc(Cl)c1OCc1c(F)cccc1Cl. The first-order valence-electron chi connectivity index (χ1n) is 9.70. The highest BCUT2D eigenvalue weighted by molar-refractivity contribution is 6.32. The largest absolute Gasteiger partial charge is 0.490 e. The normalized spacial score (nSPS) is 12.1. The predicted octanol–water partition coefficient (Wildman–Crippen LogP) is 5.70. The van der Waals surface area contributed by atoms with Crippen molar-refractivity contribution in [1.29, 1.82) is 0 Å². The van der Waals surface area contributed by atoms with E-state index in [0.29, 0.717) is 25.3 Å². The van der Waals surface area contributed by atoms with Gasteiger partial charge in [0.1, 0.15) is 18.5 Å². The van der Waals surface area contributed by atoms with E-state index in [2.05, 4.69) is 5.32 Å². The maximum absolute atomic E-state index is 14.0. The standard InChI is InChI=1S/C22H26Cl2FNO4/c1-4-29-20-10-14(11-26-19(22(27)28)8-13(2)3)9-17(24)21(20)30-12-15-16(23)6-5-7-18(15)25/h5-7,9-10,13,19,26H,4,8,11-12H2,1-3H3,(H,27,28). The van der Waals surface area contributed by atoms with Crippen LogP contribution in [-0.2, 0) is 17.9 Å². The van der Waals surface area contributed by atoms with Crippen molar-refractivity contribution in [3.05, 3.63) is 57.3 Å². The quantitative estimate of drug-likeness (QED) is 0.452. The molecule has 2 rings (SSSR count). The van der Waals surface area contributed by atoms with Crippen molar-refractivity contribution in [3.8, 4) is 11.5 Å². The van der Waals surface area contributed by atoms with E-state index in [4.69, 9.17) is 32.7 Å². The highest BCUT2D eigenvalue weighted by Gasteiger charge is 2.20. The molecule has 0 fully saturated rings. The molecule has 2 N–H and O–H groups in total. The molecule has 0 amide bonds. The molecule has 0 aliphatic heterocycles. The maximum Gasteiger partial charge on any atom is 0.320 e. The Bertz CT molecular complexity index is 856. The second-order valence-corrected chi connectivity index (χ2v) is 8.04. The van der Waals surface area contributed by atoms with Crippen LogP contribution in [0.3, 0.4) is 0 Å². The lowest BCUT2D eigenvalue weighted by Crippen LogP contribution is -2.37. The van der Waals surface area contributed by atoms with Crippen LogP contribution in [0, 0.1) is 11.7 Å². The first-order valence-corrected chi connectivity index (χ1v) is 10.5. The van der Waals surface area contributed by atoms with Gasteiger partial charge in [-0.25, -0.2) is 4.39 Å². The molecule has 164 valence electrons. The Morgan fingerprint density at radius 2 is 1.93 bits per heavy atom. The number of hydrogen-bond donors (Lipinski definition) is 2. The van der Waals surface area contributed by atoms with E-state index < -0.39 is 17.8 Å². The lowest BCUT2D eigenvalue weighted by atomic mass is 10.0. The molecule has 0 aromatic heterocycles. The third-order valence-corrected chi connectivity index (χ3v) is 4.98. The van der Waals surface area contributed by atoms with Crippen LogP contribution in [0.25, 0.3) is 0 Å². The molecule has 8 heteroatoms. The number of aliphatic carboxylic acids is 1. The minimum Gasteiger partial charge on any atom is -0.490 e. The number of hydrogen-bond acceptors (Lipinski definition) is 4. The first kappa shape index (κ1) is 24.3. The highest BCUT2D eigenvalue weighted by atomic mass is 35.5. The average Bonchev–Trinajstić information content (AvgIpc) is 2.66. The van der Waals surface area contributed by atoms with Gasteiger partial charge in [0.2, 0.25) is 0 Å². The van der Waals surface area contributed by atoms with E-state index in [0.717, 1.165) is 5.56 Å². The molecule has 1 atom stereocenters. The smallest absolute Gasteiger partial charge is 0.320 e. The van der Waals surface area contributed by atoms with Crippen LogP contribution in [0.5, 0.6) is 11.5 Å². The van der Waals surface area contributed by atoms with Crippen LogP contribution in [-0.4, -0.2) is 23.7 Å². The van der Waals surface area contributed by atoms with Gasteiger partial charge in [-0.05, 0) is 49.1 Å². The fraction of sp³-hybridized carbons (Fsp3) is 0.409. The summed E-state index contributed by atoms with van der Waals surface area (Å²) in [4.78, 5) is 11.4. The van der Waals surface area contributed by atoms with Gasteiger partial charge < -0.3 is 19.9 Å². The Kier molecular flexibility index (Phi) is 9.21. The summed E-state index contributed by atoms with van der Waals surface area (Å²) in [7, 11) is 0. The van der Waals surface area contributed by atoms with Crippen molar-refractivity contribution in [3.63, 3.8) is 0 Å². The van der Waals surface area contributed by atoms with E-state index in [1.165, 1.54) is 12.1 Å².